The second-order valence-electron chi connectivity index (χ2n) is 4.49. The van der Waals surface area contributed by atoms with E-state index in [0.29, 0.717) is 5.52 Å². The minimum atomic E-state index is -0.260. The zero-order valence-electron chi connectivity index (χ0n) is 10.8. The summed E-state index contributed by atoms with van der Waals surface area (Å²) in [5, 5.41) is 11.5. The van der Waals surface area contributed by atoms with Crippen LogP contribution in [0.4, 0.5) is 0 Å². The molecule has 0 bridgehead atoms. The van der Waals surface area contributed by atoms with E-state index < -0.39 is 0 Å². The molecule has 0 radical (unpaired) electrons. The molecule has 0 spiro atoms. The minimum Gasteiger partial charge on any atom is -0.265 e. The Labute approximate surface area is 109 Å². The van der Waals surface area contributed by atoms with Crippen LogP contribution in [0, 0.1) is 6.92 Å². The van der Waals surface area contributed by atoms with E-state index in [0.717, 1.165) is 23.2 Å². The summed E-state index contributed by atoms with van der Waals surface area (Å²) < 4.78 is 1.72. The highest BCUT2D eigenvalue weighted by molar-refractivity contribution is 5.79. The van der Waals surface area contributed by atoms with Gasteiger partial charge in [0.15, 0.2) is 5.52 Å². The van der Waals surface area contributed by atoms with E-state index in [4.69, 9.17) is 0 Å². The van der Waals surface area contributed by atoms with Crippen LogP contribution in [0.25, 0.3) is 16.6 Å². The first-order valence-electron chi connectivity index (χ1n) is 6.23. The normalized spacial score (nSPS) is 11.1. The summed E-state index contributed by atoms with van der Waals surface area (Å²) in [6.07, 6.45) is 2.85. The first kappa shape index (κ1) is 11.6. The van der Waals surface area contributed by atoms with Crippen LogP contribution in [0.3, 0.4) is 0 Å². The van der Waals surface area contributed by atoms with E-state index in [1.807, 2.05) is 25.3 Å². The number of aromatic nitrogens is 4. The van der Waals surface area contributed by atoms with Gasteiger partial charge in [-0.25, -0.2) is 9.78 Å². The van der Waals surface area contributed by atoms with Gasteiger partial charge in [0.2, 0.25) is 0 Å². The molecule has 0 atom stereocenters. The fraction of sp³-hybridized carbons (Fsp3) is 0.214. The Kier molecular flexibility index (Phi) is 2.67. The Bertz CT molecular complexity index is 783. The number of aryl methyl sites for hydroxylation is 2. The highest BCUT2D eigenvalue weighted by Gasteiger charge is 2.09. The van der Waals surface area contributed by atoms with Gasteiger partial charge in [-0.1, -0.05) is 19.1 Å². The van der Waals surface area contributed by atoms with E-state index >= 15 is 0 Å². The van der Waals surface area contributed by atoms with Crippen LogP contribution in [0.15, 0.2) is 35.3 Å². The molecule has 0 fully saturated rings. The molecule has 3 aromatic rings. The summed E-state index contributed by atoms with van der Waals surface area (Å²) in [4.78, 5) is 11.7. The molecule has 0 aliphatic rings. The minimum absolute atomic E-state index is 0.260. The zero-order chi connectivity index (χ0) is 13.4. The zero-order valence-corrected chi connectivity index (χ0v) is 10.8. The van der Waals surface area contributed by atoms with Crippen molar-refractivity contribution >= 4 is 10.9 Å². The Morgan fingerprint density at radius 1 is 1.26 bits per heavy atom. The van der Waals surface area contributed by atoms with Crippen molar-refractivity contribution < 1.29 is 0 Å². The van der Waals surface area contributed by atoms with E-state index in [9.17, 15) is 4.79 Å². The molecule has 2 aromatic heterocycles. The molecule has 0 aliphatic carbocycles. The van der Waals surface area contributed by atoms with Crippen molar-refractivity contribution in [2.24, 2.45) is 0 Å². The van der Waals surface area contributed by atoms with Crippen LogP contribution in [0.5, 0.6) is 0 Å². The fourth-order valence-electron chi connectivity index (χ4n) is 2.07. The van der Waals surface area contributed by atoms with Crippen LogP contribution in [-0.2, 0) is 6.42 Å². The number of nitrogens with one attached hydrogen (secondary N) is 1. The molecular weight excluding hydrogens is 240 g/mol. The summed E-state index contributed by atoms with van der Waals surface area (Å²) in [7, 11) is 0. The number of nitrogens with zero attached hydrogens (tertiary/aromatic N) is 3. The molecule has 96 valence electrons. The Morgan fingerprint density at radius 3 is 2.63 bits per heavy atom. The Morgan fingerprint density at radius 2 is 2.00 bits per heavy atom. The van der Waals surface area contributed by atoms with Crippen LogP contribution in [0.2, 0.25) is 0 Å². The maximum Gasteiger partial charge on any atom is 0.292 e. The quantitative estimate of drug-likeness (QED) is 0.760. The van der Waals surface area contributed by atoms with E-state index in [1.54, 1.807) is 4.68 Å². The van der Waals surface area contributed by atoms with Crippen LogP contribution in [0.1, 0.15) is 18.2 Å². The van der Waals surface area contributed by atoms with Gasteiger partial charge in [0.1, 0.15) is 0 Å². The molecule has 5 nitrogen and oxygen atoms in total. The smallest absolute Gasteiger partial charge is 0.265 e. The molecular formula is C14H14N4O. The van der Waals surface area contributed by atoms with E-state index in [1.165, 1.54) is 5.56 Å². The van der Waals surface area contributed by atoms with Crippen LogP contribution < -0.4 is 5.56 Å². The van der Waals surface area contributed by atoms with Gasteiger partial charge in [-0.05, 0) is 31.0 Å². The number of hydrogen-bond acceptors (Lipinski definition) is 3. The number of rotatable bonds is 2. The van der Waals surface area contributed by atoms with Crippen LogP contribution >= 0.6 is 0 Å². The van der Waals surface area contributed by atoms with Gasteiger partial charge in [-0.3, -0.25) is 4.79 Å². The third kappa shape index (κ3) is 1.93. The Hall–Kier alpha value is -2.43. The third-order valence-electron chi connectivity index (χ3n) is 3.25. The summed E-state index contributed by atoms with van der Waals surface area (Å²) in [6.45, 7) is 3.97. The molecule has 0 saturated carbocycles. The van der Waals surface area contributed by atoms with Crippen molar-refractivity contribution in [1.29, 1.82) is 0 Å². The van der Waals surface area contributed by atoms with Crippen molar-refractivity contribution in [3.8, 4) is 5.69 Å². The molecule has 0 aliphatic heterocycles. The summed E-state index contributed by atoms with van der Waals surface area (Å²) in [5.41, 5.74) is 3.14. The molecule has 2 heterocycles. The second kappa shape index (κ2) is 4.35. The Balaban J connectivity index is 2.17. The highest BCUT2D eigenvalue weighted by atomic mass is 16.1. The van der Waals surface area contributed by atoms with Gasteiger partial charge < -0.3 is 0 Å². The third-order valence-corrected chi connectivity index (χ3v) is 3.25. The van der Waals surface area contributed by atoms with Gasteiger partial charge in [-0.2, -0.15) is 10.2 Å². The molecule has 1 aromatic carbocycles. The summed E-state index contributed by atoms with van der Waals surface area (Å²) in [5.74, 6) is 0. The first-order valence-corrected chi connectivity index (χ1v) is 6.23. The maximum absolute atomic E-state index is 11.7. The molecule has 0 amide bonds. The number of fused-ring (bicyclic) bond motifs is 1. The number of H-pyrrole nitrogens is 1. The van der Waals surface area contributed by atoms with Crippen molar-refractivity contribution in [1.82, 2.24) is 20.0 Å². The van der Waals surface area contributed by atoms with Gasteiger partial charge in [0.05, 0.1) is 11.4 Å². The predicted molar refractivity (Wildman–Crippen MR) is 73.6 cm³/mol. The number of hydrogen-bond donors (Lipinski definition) is 1. The lowest BCUT2D eigenvalue weighted by Crippen LogP contribution is -2.09. The summed E-state index contributed by atoms with van der Waals surface area (Å²) >= 11 is 0. The highest BCUT2D eigenvalue weighted by Crippen LogP contribution is 2.15. The van der Waals surface area contributed by atoms with Crippen LogP contribution in [-0.4, -0.2) is 20.0 Å². The molecule has 0 saturated heterocycles. The van der Waals surface area contributed by atoms with Gasteiger partial charge >= 0.3 is 0 Å². The molecule has 19 heavy (non-hydrogen) atoms. The van der Waals surface area contributed by atoms with Gasteiger partial charge in [0, 0.05) is 11.6 Å². The monoisotopic (exact) mass is 254 g/mol. The predicted octanol–water partition coefficient (Wildman–Crippen LogP) is 1.98. The lowest BCUT2D eigenvalue weighted by Gasteiger charge is -2.01. The molecule has 5 heteroatoms. The van der Waals surface area contributed by atoms with Crippen molar-refractivity contribution in [3.05, 3.63) is 52.1 Å². The van der Waals surface area contributed by atoms with E-state index in [2.05, 4.69) is 34.4 Å². The van der Waals surface area contributed by atoms with E-state index in [-0.39, 0.29) is 5.56 Å². The second-order valence-corrected chi connectivity index (χ2v) is 4.49. The van der Waals surface area contributed by atoms with Crippen molar-refractivity contribution in [2.75, 3.05) is 0 Å². The standard InChI is InChI=1S/C14H14N4O/c1-3-10-4-6-11(7-5-10)18-8-12-9(2)15-16-14(19)13(12)17-18/h4-8H,3H2,1-2H3,(H,16,19). The SMILES string of the molecule is CCc1ccc(-n2cc3c(C)n[nH]c(=O)c3n2)cc1. The average molecular weight is 254 g/mol. The molecule has 0 unspecified atom stereocenters. The van der Waals surface area contributed by atoms with Crippen molar-refractivity contribution in [2.45, 2.75) is 20.3 Å². The number of aromatic amines is 1. The number of benzene rings is 1. The molecule has 3 rings (SSSR count). The average Bonchev–Trinajstić information content (AvgIpc) is 2.89. The topological polar surface area (TPSA) is 63.6 Å². The lowest BCUT2D eigenvalue weighted by atomic mass is 10.1. The lowest BCUT2D eigenvalue weighted by molar-refractivity contribution is 0.889. The largest absolute Gasteiger partial charge is 0.292 e. The fourth-order valence-corrected chi connectivity index (χ4v) is 2.07. The summed E-state index contributed by atoms with van der Waals surface area (Å²) in [6, 6.07) is 8.14. The molecule has 1 N–H and O–H groups in total. The maximum atomic E-state index is 11.7. The van der Waals surface area contributed by atoms with Crippen molar-refractivity contribution in [3.63, 3.8) is 0 Å². The first-order chi connectivity index (χ1) is 9.19. The van der Waals surface area contributed by atoms with Gasteiger partial charge in [-0.15, -0.1) is 0 Å². The van der Waals surface area contributed by atoms with Gasteiger partial charge in [0.25, 0.3) is 5.56 Å².